The maximum absolute atomic E-state index is 9.63. The van der Waals surface area contributed by atoms with Gasteiger partial charge in [-0.25, -0.2) is 0 Å². The number of nitrogens with zero attached hydrogens (tertiary/aromatic N) is 3. The number of rotatable bonds is 7. The molecule has 1 aliphatic rings. The second kappa shape index (κ2) is 6.26. The van der Waals surface area contributed by atoms with E-state index in [0.29, 0.717) is 18.3 Å². The molecule has 0 saturated heterocycles. The zero-order chi connectivity index (χ0) is 14.7. The molecule has 0 amide bonds. The van der Waals surface area contributed by atoms with Gasteiger partial charge in [0.05, 0.1) is 19.2 Å². The first-order valence-electron chi connectivity index (χ1n) is 7.56. The summed E-state index contributed by atoms with van der Waals surface area (Å²) < 4.78 is 5.32. The minimum absolute atomic E-state index is 0.0512. The van der Waals surface area contributed by atoms with Crippen LogP contribution in [-0.4, -0.2) is 27.9 Å². The van der Waals surface area contributed by atoms with Gasteiger partial charge in [0.2, 0.25) is 5.89 Å². The van der Waals surface area contributed by atoms with E-state index in [2.05, 4.69) is 22.0 Å². The number of anilines is 1. The average molecular weight is 287 g/mol. The molecule has 1 unspecified atom stereocenters. The Kier molecular flexibility index (Phi) is 4.20. The van der Waals surface area contributed by atoms with E-state index >= 15 is 0 Å². The third-order valence-electron chi connectivity index (χ3n) is 3.93. The van der Waals surface area contributed by atoms with E-state index < -0.39 is 0 Å². The van der Waals surface area contributed by atoms with Gasteiger partial charge in [0.1, 0.15) is 0 Å². The van der Waals surface area contributed by atoms with Crippen molar-refractivity contribution in [1.29, 1.82) is 0 Å². The lowest BCUT2D eigenvalue weighted by molar-refractivity contribution is 0.254. The Morgan fingerprint density at radius 2 is 2.10 bits per heavy atom. The van der Waals surface area contributed by atoms with Crippen LogP contribution in [-0.2, 0) is 6.54 Å². The van der Waals surface area contributed by atoms with Crippen LogP contribution in [0.5, 0.6) is 0 Å². The van der Waals surface area contributed by atoms with E-state index in [-0.39, 0.29) is 12.6 Å². The fourth-order valence-corrected chi connectivity index (χ4v) is 2.48. The molecule has 2 aromatic rings. The van der Waals surface area contributed by atoms with Gasteiger partial charge in [-0.2, -0.15) is 4.98 Å². The molecular weight excluding hydrogens is 266 g/mol. The molecule has 5 nitrogen and oxygen atoms in total. The van der Waals surface area contributed by atoms with Crippen molar-refractivity contribution in [2.75, 3.05) is 11.5 Å². The van der Waals surface area contributed by atoms with Crippen molar-refractivity contribution in [3.8, 4) is 0 Å². The first-order chi connectivity index (χ1) is 10.3. The predicted octanol–water partition coefficient (Wildman–Crippen LogP) is 2.72. The molecule has 0 radical (unpaired) electrons. The van der Waals surface area contributed by atoms with Crippen LogP contribution in [0.15, 0.2) is 34.9 Å². The number of aliphatic hydroxyl groups is 1. The molecule has 0 aliphatic heterocycles. The largest absolute Gasteiger partial charge is 0.394 e. The molecular formula is C16H21N3O2. The van der Waals surface area contributed by atoms with E-state index in [1.54, 1.807) is 0 Å². The summed E-state index contributed by atoms with van der Waals surface area (Å²) in [5.74, 6) is 1.92. The SMILES string of the molecule is CCC(CO)N(Cc1noc(C2CC2)n1)c1ccccc1. The lowest BCUT2D eigenvalue weighted by Gasteiger charge is -2.30. The van der Waals surface area contributed by atoms with Crippen LogP contribution in [0, 0.1) is 0 Å². The molecule has 3 rings (SSSR count). The highest BCUT2D eigenvalue weighted by molar-refractivity contribution is 5.47. The number of aliphatic hydroxyl groups excluding tert-OH is 1. The fraction of sp³-hybridized carbons (Fsp3) is 0.500. The van der Waals surface area contributed by atoms with Crippen LogP contribution >= 0.6 is 0 Å². The van der Waals surface area contributed by atoms with Crippen LogP contribution in [0.25, 0.3) is 0 Å². The van der Waals surface area contributed by atoms with Gasteiger partial charge in [-0.05, 0) is 31.4 Å². The van der Waals surface area contributed by atoms with Gasteiger partial charge in [0.15, 0.2) is 5.82 Å². The molecule has 5 heteroatoms. The van der Waals surface area contributed by atoms with Gasteiger partial charge in [0, 0.05) is 11.6 Å². The fourth-order valence-electron chi connectivity index (χ4n) is 2.48. The van der Waals surface area contributed by atoms with Crippen LogP contribution in [0.2, 0.25) is 0 Å². The van der Waals surface area contributed by atoms with Crippen molar-refractivity contribution in [2.45, 2.75) is 44.7 Å². The number of benzene rings is 1. The average Bonchev–Trinajstić information content (AvgIpc) is 3.28. The molecule has 0 bridgehead atoms. The number of hydrogen-bond acceptors (Lipinski definition) is 5. The van der Waals surface area contributed by atoms with Crippen molar-refractivity contribution in [3.05, 3.63) is 42.0 Å². The topological polar surface area (TPSA) is 62.4 Å². The minimum atomic E-state index is 0.0512. The number of para-hydroxylation sites is 1. The Hall–Kier alpha value is -1.88. The summed E-state index contributed by atoms with van der Waals surface area (Å²) in [5, 5.41) is 13.7. The van der Waals surface area contributed by atoms with E-state index in [1.807, 2.05) is 30.3 Å². The highest BCUT2D eigenvalue weighted by atomic mass is 16.5. The highest BCUT2D eigenvalue weighted by Crippen LogP contribution is 2.38. The van der Waals surface area contributed by atoms with Crippen LogP contribution in [0.3, 0.4) is 0 Å². The first kappa shape index (κ1) is 14.1. The normalized spacial score (nSPS) is 15.9. The maximum Gasteiger partial charge on any atom is 0.229 e. The second-order valence-corrected chi connectivity index (χ2v) is 5.53. The Labute approximate surface area is 124 Å². The zero-order valence-electron chi connectivity index (χ0n) is 12.3. The van der Waals surface area contributed by atoms with Gasteiger partial charge in [-0.3, -0.25) is 0 Å². The molecule has 1 fully saturated rings. The summed E-state index contributed by atoms with van der Waals surface area (Å²) in [5.41, 5.74) is 1.07. The van der Waals surface area contributed by atoms with Gasteiger partial charge in [-0.1, -0.05) is 30.3 Å². The van der Waals surface area contributed by atoms with E-state index in [0.717, 1.165) is 30.8 Å². The second-order valence-electron chi connectivity index (χ2n) is 5.53. The molecule has 1 atom stereocenters. The molecule has 21 heavy (non-hydrogen) atoms. The summed E-state index contributed by atoms with van der Waals surface area (Å²) in [6.45, 7) is 2.74. The summed E-state index contributed by atoms with van der Waals surface area (Å²) >= 11 is 0. The monoisotopic (exact) mass is 287 g/mol. The lowest BCUT2D eigenvalue weighted by atomic mass is 10.1. The third kappa shape index (κ3) is 3.24. The standard InChI is InChI=1S/C16H21N3O2/c1-2-13(11-20)19(14-6-4-3-5-7-14)10-15-17-16(21-18-15)12-8-9-12/h3-7,12-13,20H,2,8-11H2,1H3. The zero-order valence-corrected chi connectivity index (χ0v) is 12.3. The van der Waals surface area contributed by atoms with E-state index in [9.17, 15) is 5.11 Å². The molecule has 0 spiro atoms. The van der Waals surface area contributed by atoms with Crippen molar-refractivity contribution < 1.29 is 9.63 Å². The van der Waals surface area contributed by atoms with Crippen LogP contribution in [0.1, 0.15) is 43.8 Å². The van der Waals surface area contributed by atoms with Gasteiger partial charge >= 0.3 is 0 Å². The summed E-state index contributed by atoms with van der Waals surface area (Å²) in [6.07, 6.45) is 3.16. The maximum atomic E-state index is 9.63. The number of aromatic nitrogens is 2. The van der Waals surface area contributed by atoms with E-state index in [1.165, 1.54) is 0 Å². The van der Waals surface area contributed by atoms with Crippen molar-refractivity contribution in [1.82, 2.24) is 10.1 Å². The third-order valence-corrected chi connectivity index (χ3v) is 3.93. The molecule has 1 aromatic heterocycles. The Morgan fingerprint density at radius 1 is 1.33 bits per heavy atom. The van der Waals surface area contributed by atoms with Crippen molar-refractivity contribution in [3.63, 3.8) is 0 Å². The van der Waals surface area contributed by atoms with Crippen LogP contribution in [0.4, 0.5) is 5.69 Å². The number of hydrogen-bond donors (Lipinski definition) is 1. The minimum Gasteiger partial charge on any atom is -0.394 e. The summed E-state index contributed by atoms with van der Waals surface area (Å²) in [4.78, 5) is 6.63. The first-order valence-corrected chi connectivity index (χ1v) is 7.56. The quantitative estimate of drug-likeness (QED) is 0.848. The summed E-state index contributed by atoms with van der Waals surface area (Å²) in [6, 6.07) is 10.1. The molecule has 1 N–H and O–H groups in total. The summed E-state index contributed by atoms with van der Waals surface area (Å²) in [7, 11) is 0. The van der Waals surface area contributed by atoms with E-state index in [4.69, 9.17) is 4.52 Å². The van der Waals surface area contributed by atoms with Crippen molar-refractivity contribution >= 4 is 5.69 Å². The molecule has 1 aromatic carbocycles. The molecule has 1 heterocycles. The lowest BCUT2D eigenvalue weighted by Crippen LogP contribution is -2.37. The van der Waals surface area contributed by atoms with Gasteiger partial charge < -0.3 is 14.5 Å². The smallest absolute Gasteiger partial charge is 0.229 e. The van der Waals surface area contributed by atoms with Gasteiger partial charge in [0.25, 0.3) is 0 Å². The highest BCUT2D eigenvalue weighted by Gasteiger charge is 2.30. The Bertz CT molecular complexity index is 562. The molecule has 1 aliphatic carbocycles. The molecule has 112 valence electrons. The Balaban J connectivity index is 1.80. The Morgan fingerprint density at radius 3 is 2.71 bits per heavy atom. The van der Waals surface area contributed by atoms with Gasteiger partial charge in [-0.15, -0.1) is 0 Å². The predicted molar refractivity (Wildman–Crippen MR) is 80.1 cm³/mol. The van der Waals surface area contributed by atoms with Crippen molar-refractivity contribution in [2.24, 2.45) is 0 Å². The van der Waals surface area contributed by atoms with Crippen LogP contribution < -0.4 is 4.90 Å². The molecule has 1 saturated carbocycles.